The van der Waals surface area contributed by atoms with E-state index in [9.17, 15) is 4.79 Å². The van der Waals surface area contributed by atoms with Crippen molar-refractivity contribution in [2.24, 2.45) is 0 Å². The number of hydrogen-bond acceptors (Lipinski definition) is 3. The van der Waals surface area contributed by atoms with Crippen LogP contribution in [0.3, 0.4) is 0 Å². The Bertz CT molecular complexity index is 245. The fourth-order valence-corrected chi connectivity index (χ4v) is 0.685. The molecule has 0 aliphatic heterocycles. The zero-order valence-corrected chi connectivity index (χ0v) is 5.63. The third kappa shape index (κ3) is 1.73. The van der Waals surface area contributed by atoms with Gasteiger partial charge in [-0.1, -0.05) is 5.16 Å². The minimum absolute atomic E-state index is 0.108. The molecule has 0 radical (unpaired) electrons. The minimum atomic E-state index is -0.954. The van der Waals surface area contributed by atoms with Crippen LogP contribution in [0.25, 0.3) is 0 Å². The summed E-state index contributed by atoms with van der Waals surface area (Å²) >= 11 is 5.32. The Balaban J connectivity index is 2.67. The molecule has 0 fully saturated rings. The van der Waals surface area contributed by atoms with Crippen molar-refractivity contribution in [2.75, 3.05) is 0 Å². The summed E-state index contributed by atoms with van der Waals surface area (Å²) in [5.41, 5.74) is 0.331. The van der Waals surface area contributed by atoms with E-state index < -0.39 is 5.97 Å². The smallest absolute Gasteiger partial charge is 0.309 e. The Morgan fingerprint density at radius 3 is 3.00 bits per heavy atom. The standard InChI is InChI=1S/C5H4ClNO3/c6-4-1-3(7-10-4)2-5(8)9/h1H,2H2,(H,8,9). The van der Waals surface area contributed by atoms with Crippen LogP contribution in [0.1, 0.15) is 5.69 Å². The lowest BCUT2D eigenvalue weighted by atomic mass is 10.3. The van der Waals surface area contributed by atoms with E-state index in [1.807, 2.05) is 0 Å². The van der Waals surface area contributed by atoms with Crippen molar-refractivity contribution < 1.29 is 14.4 Å². The average Bonchev–Trinajstić information content (AvgIpc) is 2.13. The second-order valence-electron chi connectivity index (χ2n) is 1.69. The second-order valence-corrected chi connectivity index (χ2v) is 2.07. The summed E-state index contributed by atoms with van der Waals surface area (Å²) in [7, 11) is 0. The molecule has 0 unspecified atom stereocenters. The molecule has 0 aliphatic rings. The van der Waals surface area contributed by atoms with Gasteiger partial charge in [0.2, 0.25) is 5.22 Å². The monoisotopic (exact) mass is 161 g/mol. The zero-order chi connectivity index (χ0) is 7.56. The molecule has 0 saturated carbocycles. The van der Waals surface area contributed by atoms with Crippen LogP contribution in [0.4, 0.5) is 0 Å². The summed E-state index contributed by atoms with van der Waals surface area (Å²) in [6, 6.07) is 1.37. The van der Waals surface area contributed by atoms with Gasteiger partial charge >= 0.3 is 5.97 Å². The highest BCUT2D eigenvalue weighted by molar-refractivity contribution is 6.28. The molecule has 1 aromatic rings. The van der Waals surface area contributed by atoms with Crippen molar-refractivity contribution in [3.8, 4) is 0 Å². The van der Waals surface area contributed by atoms with Crippen LogP contribution in [0.2, 0.25) is 5.22 Å². The molecular formula is C5H4ClNO3. The minimum Gasteiger partial charge on any atom is -0.481 e. The number of nitrogens with zero attached hydrogens (tertiary/aromatic N) is 1. The van der Waals surface area contributed by atoms with Gasteiger partial charge in [-0.25, -0.2) is 0 Å². The van der Waals surface area contributed by atoms with Crippen LogP contribution >= 0.6 is 11.6 Å². The summed E-state index contributed by atoms with van der Waals surface area (Å²) in [6.07, 6.45) is -0.157. The van der Waals surface area contributed by atoms with Gasteiger partial charge in [0, 0.05) is 6.07 Å². The lowest BCUT2D eigenvalue weighted by Crippen LogP contribution is -1.99. The van der Waals surface area contributed by atoms with Crippen molar-refractivity contribution in [1.29, 1.82) is 0 Å². The van der Waals surface area contributed by atoms with Gasteiger partial charge in [0.05, 0.1) is 12.1 Å². The van der Waals surface area contributed by atoms with Crippen molar-refractivity contribution in [3.63, 3.8) is 0 Å². The molecule has 1 heterocycles. The molecule has 1 aromatic heterocycles. The van der Waals surface area contributed by atoms with Gasteiger partial charge in [0.15, 0.2) is 0 Å². The van der Waals surface area contributed by atoms with Gasteiger partial charge < -0.3 is 9.63 Å². The molecule has 5 heteroatoms. The molecule has 0 atom stereocenters. The van der Waals surface area contributed by atoms with Crippen LogP contribution in [0.15, 0.2) is 10.6 Å². The molecule has 1 rings (SSSR count). The summed E-state index contributed by atoms with van der Waals surface area (Å²) in [4.78, 5) is 10.1. The van der Waals surface area contributed by atoms with E-state index in [4.69, 9.17) is 16.7 Å². The molecule has 1 N–H and O–H groups in total. The number of rotatable bonds is 2. The lowest BCUT2D eigenvalue weighted by molar-refractivity contribution is -0.136. The fraction of sp³-hybridized carbons (Fsp3) is 0.200. The number of halogens is 1. The van der Waals surface area contributed by atoms with Crippen molar-refractivity contribution in [1.82, 2.24) is 5.16 Å². The number of carboxylic acid groups (broad SMARTS) is 1. The molecule has 0 aromatic carbocycles. The van der Waals surface area contributed by atoms with Crippen LogP contribution in [-0.4, -0.2) is 16.2 Å². The number of hydrogen-bond donors (Lipinski definition) is 1. The van der Waals surface area contributed by atoms with E-state index in [-0.39, 0.29) is 11.6 Å². The number of carbonyl (C=O) groups is 1. The summed E-state index contributed by atoms with van der Waals surface area (Å²) in [5, 5.41) is 11.7. The average molecular weight is 162 g/mol. The first-order chi connectivity index (χ1) is 4.68. The predicted molar refractivity (Wildman–Crippen MR) is 32.9 cm³/mol. The summed E-state index contributed by atoms with van der Waals surface area (Å²) in [5.74, 6) is -0.954. The van der Waals surface area contributed by atoms with E-state index >= 15 is 0 Å². The van der Waals surface area contributed by atoms with Gasteiger partial charge in [0.25, 0.3) is 0 Å². The maximum Gasteiger partial charge on any atom is 0.309 e. The highest BCUT2D eigenvalue weighted by Crippen LogP contribution is 2.09. The third-order valence-corrected chi connectivity index (χ3v) is 1.04. The molecule has 0 aliphatic carbocycles. The predicted octanol–water partition coefficient (Wildman–Crippen LogP) is 0.955. The van der Waals surface area contributed by atoms with Crippen molar-refractivity contribution >= 4 is 17.6 Å². The van der Waals surface area contributed by atoms with E-state index in [1.54, 1.807) is 0 Å². The SMILES string of the molecule is O=C(O)Cc1cc(Cl)on1. The molecule has 10 heavy (non-hydrogen) atoms. The van der Waals surface area contributed by atoms with E-state index in [0.29, 0.717) is 5.69 Å². The first-order valence-corrected chi connectivity index (χ1v) is 2.89. The van der Waals surface area contributed by atoms with Crippen molar-refractivity contribution in [2.45, 2.75) is 6.42 Å². The highest BCUT2D eigenvalue weighted by atomic mass is 35.5. The highest BCUT2D eigenvalue weighted by Gasteiger charge is 2.05. The topological polar surface area (TPSA) is 63.3 Å². The Hall–Kier alpha value is -1.03. The van der Waals surface area contributed by atoms with Crippen LogP contribution < -0.4 is 0 Å². The largest absolute Gasteiger partial charge is 0.481 e. The fourth-order valence-electron chi connectivity index (χ4n) is 0.524. The molecule has 54 valence electrons. The molecule has 0 spiro atoms. The second kappa shape index (κ2) is 2.70. The quantitative estimate of drug-likeness (QED) is 0.702. The van der Waals surface area contributed by atoms with Gasteiger partial charge in [-0.3, -0.25) is 4.79 Å². The Kier molecular flexibility index (Phi) is 1.91. The third-order valence-electron chi connectivity index (χ3n) is 0.863. The lowest BCUT2D eigenvalue weighted by Gasteiger charge is -1.82. The Morgan fingerprint density at radius 2 is 2.60 bits per heavy atom. The Morgan fingerprint density at radius 1 is 1.90 bits per heavy atom. The number of aliphatic carboxylic acids is 1. The van der Waals surface area contributed by atoms with Crippen molar-refractivity contribution in [3.05, 3.63) is 17.0 Å². The maximum atomic E-state index is 10.1. The van der Waals surface area contributed by atoms with E-state index in [1.165, 1.54) is 6.07 Å². The normalized spacial score (nSPS) is 9.70. The van der Waals surface area contributed by atoms with Gasteiger partial charge in [-0.2, -0.15) is 0 Å². The van der Waals surface area contributed by atoms with E-state index in [0.717, 1.165) is 0 Å². The number of carboxylic acids is 1. The Labute approximate surface area is 61.4 Å². The first kappa shape index (κ1) is 7.08. The zero-order valence-electron chi connectivity index (χ0n) is 4.87. The molecule has 4 nitrogen and oxygen atoms in total. The van der Waals surface area contributed by atoms with Gasteiger partial charge in [-0.15, -0.1) is 0 Å². The van der Waals surface area contributed by atoms with Crippen LogP contribution in [0.5, 0.6) is 0 Å². The first-order valence-electron chi connectivity index (χ1n) is 2.51. The maximum absolute atomic E-state index is 10.1. The molecule has 0 bridgehead atoms. The molecule has 0 saturated heterocycles. The van der Waals surface area contributed by atoms with Gasteiger partial charge in [-0.05, 0) is 11.6 Å². The summed E-state index contributed by atoms with van der Waals surface area (Å²) < 4.78 is 4.42. The molecular weight excluding hydrogens is 158 g/mol. The number of aromatic nitrogens is 1. The molecule has 0 amide bonds. The van der Waals surface area contributed by atoms with Crippen LogP contribution in [0, 0.1) is 0 Å². The van der Waals surface area contributed by atoms with E-state index in [2.05, 4.69) is 9.68 Å². The van der Waals surface area contributed by atoms with Gasteiger partial charge in [0.1, 0.15) is 0 Å². The summed E-state index contributed by atoms with van der Waals surface area (Å²) in [6.45, 7) is 0. The van der Waals surface area contributed by atoms with Crippen LogP contribution in [-0.2, 0) is 11.2 Å².